The van der Waals surface area contributed by atoms with Gasteiger partial charge in [0.15, 0.2) is 11.6 Å². The molecule has 0 saturated carbocycles. The van der Waals surface area contributed by atoms with E-state index < -0.39 is 11.7 Å². The summed E-state index contributed by atoms with van der Waals surface area (Å²) in [6, 6.07) is 5.14. The number of para-hydroxylation sites is 1. The highest BCUT2D eigenvalue weighted by atomic mass is 19.4. The molecule has 0 atom stereocenters. The molecule has 1 heterocycles. The molecule has 2 aromatic rings. The molecule has 23 heavy (non-hydrogen) atoms. The maximum absolute atomic E-state index is 13.0. The zero-order valence-electron chi connectivity index (χ0n) is 13.0. The van der Waals surface area contributed by atoms with Crippen molar-refractivity contribution in [3.05, 3.63) is 36.2 Å². The summed E-state index contributed by atoms with van der Waals surface area (Å²) in [6.45, 7) is 5.75. The van der Waals surface area contributed by atoms with Crippen molar-refractivity contribution in [2.45, 2.75) is 32.5 Å². The van der Waals surface area contributed by atoms with Crippen molar-refractivity contribution in [1.29, 1.82) is 0 Å². The van der Waals surface area contributed by atoms with Crippen LogP contribution in [0.25, 0.3) is 0 Å². The van der Waals surface area contributed by atoms with Gasteiger partial charge in [-0.25, -0.2) is 9.97 Å². The average Bonchev–Trinajstić information content (AvgIpc) is 2.41. The van der Waals surface area contributed by atoms with Crippen LogP contribution in [0.5, 0.6) is 0 Å². The van der Waals surface area contributed by atoms with Crippen LogP contribution in [0.2, 0.25) is 0 Å². The fourth-order valence-electron chi connectivity index (χ4n) is 1.92. The molecule has 0 radical (unpaired) electrons. The second-order valence-electron chi connectivity index (χ2n) is 6.03. The number of halogens is 3. The number of rotatable bonds is 3. The standard InChI is InChI=1S/C15H18F3N5/c1-14(2,3)23-13-11(19)12(20-8-21-13)22-10-7-5-4-6-9(10)15(16,17)18/h4-8H,19H2,1-3H3,(H2,20,21,22,23). The van der Waals surface area contributed by atoms with E-state index in [9.17, 15) is 13.2 Å². The predicted molar refractivity (Wildman–Crippen MR) is 84.5 cm³/mol. The first kappa shape index (κ1) is 16.9. The molecule has 0 bridgehead atoms. The number of aromatic nitrogens is 2. The number of benzene rings is 1. The average molecular weight is 325 g/mol. The van der Waals surface area contributed by atoms with E-state index in [1.807, 2.05) is 20.8 Å². The van der Waals surface area contributed by atoms with Crippen molar-refractivity contribution < 1.29 is 13.2 Å². The number of nitrogen functional groups attached to an aromatic ring is 1. The Kier molecular flexibility index (Phi) is 4.35. The Balaban J connectivity index is 2.37. The van der Waals surface area contributed by atoms with Crippen LogP contribution in [0.15, 0.2) is 30.6 Å². The minimum atomic E-state index is -4.47. The normalized spacial score (nSPS) is 12.1. The molecule has 4 N–H and O–H groups in total. The van der Waals surface area contributed by atoms with Gasteiger partial charge in [-0.15, -0.1) is 0 Å². The fourth-order valence-corrected chi connectivity index (χ4v) is 1.92. The molecule has 0 unspecified atom stereocenters. The van der Waals surface area contributed by atoms with Crippen LogP contribution in [0.1, 0.15) is 26.3 Å². The third kappa shape index (κ3) is 4.24. The third-order valence-electron chi connectivity index (χ3n) is 2.86. The van der Waals surface area contributed by atoms with Gasteiger partial charge in [-0.1, -0.05) is 12.1 Å². The molecule has 0 aliphatic carbocycles. The monoisotopic (exact) mass is 325 g/mol. The van der Waals surface area contributed by atoms with Crippen molar-refractivity contribution in [1.82, 2.24) is 9.97 Å². The topological polar surface area (TPSA) is 75.9 Å². The molecular weight excluding hydrogens is 307 g/mol. The molecule has 0 amide bonds. The summed E-state index contributed by atoms with van der Waals surface area (Å²) in [5.41, 5.74) is 4.91. The van der Waals surface area contributed by atoms with Crippen LogP contribution in [0.3, 0.4) is 0 Å². The smallest absolute Gasteiger partial charge is 0.393 e. The van der Waals surface area contributed by atoms with Crippen LogP contribution in [0.4, 0.5) is 36.2 Å². The summed E-state index contributed by atoms with van der Waals surface area (Å²) in [4.78, 5) is 7.96. The van der Waals surface area contributed by atoms with Gasteiger partial charge in [-0.3, -0.25) is 0 Å². The lowest BCUT2D eigenvalue weighted by atomic mass is 10.1. The Bertz CT molecular complexity index is 692. The lowest BCUT2D eigenvalue weighted by Gasteiger charge is -2.23. The van der Waals surface area contributed by atoms with E-state index in [-0.39, 0.29) is 22.7 Å². The van der Waals surface area contributed by atoms with Gasteiger partial charge in [0.2, 0.25) is 0 Å². The number of hydrogen-bond donors (Lipinski definition) is 3. The van der Waals surface area contributed by atoms with Gasteiger partial charge in [0.25, 0.3) is 0 Å². The van der Waals surface area contributed by atoms with E-state index in [2.05, 4.69) is 20.6 Å². The highest BCUT2D eigenvalue weighted by Crippen LogP contribution is 2.37. The molecule has 8 heteroatoms. The molecule has 1 aromatic heterocycles. The van der Waals surface area contributed by atoms with Crippen molar-refractivity contribution in [3.63, 3.8) is 0 Å². The van der Waals surface area contributed by atoms with Gasteiger partial charge >= 0.3 is 6.18 Å². The first-order valence-electron chi connectivity index (χ1n) is 6.90. The number of alkyl halides is 3. The zero-order chi connectivity index (χ0) is 17.3. The number of hydrogen-bond acceptors (Lipinski definition) is 5. The van der Waals surface area contributed by atoms with E-state index in [0.29, 0.717) is 5.82 Å². The molecule has 0 spiro atoms. The molecule has 5 nitrogen and oxygen atoms in total. The molecule has 0 saturated heterocycles. The first-order chi connectivity index (χ1) is 10.6. The summed E-state index contributed by atoms with van der Waals surface area (Å²) in [5, 5.41) is 5.72. The minimum absolute atomic E-state index is 0.114. The van der Waals surface area contributed by atoms with Gasteiger partial charge in [0.1, 0.15) is 12.0 Å². The van der Waals surface area contributed by atoms with E-state index >= 15 is 0 Å². The second-order valence-corrected chi connectivity index (χ2v) is 6.03. The zero-order valence-corrected chi connectivity index (χ0v) is 13.0. The quantitative estimate of drug-likeness (QED) is 0.794. The molecule has 124 valence electrons. The van der Waals surface area contributed by atoms with Gasteiger partial charge in [0, 0.05) is 5.54 Å². The van der Waals surface area contributed by atoms with Gasteiger partial charge < -0.3 is 16.4 Å². The lowest BCUT2D eigenvalue weighted by molar-refractivity contribution is -0.136. The Labute approximate surface area is 132 Å². The van der Waals surface area contributed by atoms with Crippen LogP contribution in [0, 0.1) is 0 Å². The Morgan fingerprint density at radius 2 is 1.61 bits per heavy atom. The summed E-state index contributed by atoms with van der Waals surface area (Å²) >= 11 is 0. The fraction of sp³-hybridized carbons (Fsp3) is 0.333. The highest BCUT2D eigenvalue weighted by Gasteiger charge is 2.33. The van der Waals surface area contributed by atoms with Crippen LogP contribution >= 0.6 is 0 Å². The van der Waals surface area contributed by atoms with Gasteiger partial charge in [0.05, 0.1) is 11.3 Å². The highest BCUT2D eigenvalue weighted by molar-refractivity contribution is 5.78. The van der Waals surface area contributed by atoms with E-state index in [0.717, 1.165) is 6.07 Å². The lowest BCUT2D eigenvalue weighted by Crippen LogP contribution is -2.27. The molecule has 1 aromatic carbocycles. The third-order valence-corrected chi connectivity index (χ3v) is 2.86. The van der Waals surface area contributed by atoms with E-state index in [4.69, 9.17) is 5.73 Å². The van der Waals surface area contributed by atoms with Crippen molar-refractivity contribution in [2.24, 2.45) is 0 Å². The Morgan fingerprint density at radius 1 is 1.00 bits per heavy atom. The molecule has 0 aliphatic rings. The summed E-state index contributed by atoms with van der Waals surface area (Å²) in [7, 11) is 0. The number of nitrogens with two attached hydrogens (primary N) is 1. The van der Waals surface area contributed by atoms with Crippen LogP contribution in [-0.4, -0.2) is 15.5 Å². The second kappa shape index (κ2) is 5.94. The molecule has 2 rings (SSSR count). The number of nitrogens with zero attached hydrogens (tertiary/aromatic N) is 2. The SMILES string of the molecule is CC(C)(C)Nc1ncnc(Nc2ccccc2C(F)(F)F)c1N. The largest absolute Gasteiger partial charge is 0.418 e. The minimum Gasteiger partial charge on any atom is -0.393 e. The maximum atomic E-state index is 13.0. The van der Waals surface area contributed by atoms with Crippen molar-refractivity contribution >= 4 is 23.0 Å². The number of anilines is 4. The van der Waals surface area contributed by atoms with Gasteiger partial charge in [-0.05, 0) is 32.9 Å². The van der Waals surface area contributed by atoms with Crippen LogP contribution < -0.4 is 16.4 Å². The van der Waals surface area contributed by atoms with Gasteiger partial charge in [-0.2, -0.15) is 13.2 Å². The number of nitrogens with one attached hydrogen (secondary N) is 2. The molecular formula is C15H18F3N5. The first-order valence-corrected chi connectivity index (χ1v) is 6.90. The van der Waals surface area contributed by atoms with E-state index in [1.165, 1.54) is 24.5 Å². The Hall–Kier alpha value is -2.51. The summed E-state index contributed by atoms with van der Waals surface area (Å²) in [6.07, 6.45) is -3.24. The van der Waals surface area contributed by atoms with Crippen LogP contribution in [-0.2, 0) is 6.18 Å². The Morgan fingerprint density at radius 3 is 2.22 bits per heavy atom. The van der Waals surface area contributed by atoms with Crippen molar-refractivity contribution in [3.8, 4) is 0 Å². The molecule has 0 fully saturated rings. The maximum Gasteiger partial charge on any atom is 0.418 e. The molecule has 0 aliphatic heterocycles. The summed E-state index contributed by atoms with van der Waals surface area (Å²) in [5.74, 6) is 0.475. The predicted octanol–water partition coefficient (Wildman–Crippen LogP) is 4.03. The summed E-state index contributed by atoms with van der Waals surface area (Å²) < 4.78 is 39.1. The van der Waals surface area contributed by atoms with E-state index in [1.54, 1.807) is 0 Å². The van der Waals surface area contributed by atoms with Crippen molar-refractivity contribution in [2.75, 3.05) is 16.4 Å².